The average molecular weight is 226 g/mol. The normalized spacial score (nSPS) is 10.6. The van der Waals surface area contributed by atoms with Crippen LogP contribution in [0.1, 0.15) is 25.3 Å². The molecule has 3 nitrogen and oxygen atoms in total. The first kappa shape index (κ1) is 12.6. The third-order valence-corrected chi connectivity index (χ3v) is 2.08. The summed E-state index contributed by atoms with van der Waals surface area (Å²) < 4.78 is 22.7. The molecule has 0 heterocycles. The Hall–Kier alpha value is -1.42. The first-order chi connectivity index (χ1) is 7.54. The van der Waals surface area contributed by atoms with Crippen molar-refractivity contribution in [1.29, 1.82) is 0 Å². The van der Waals surface area contributed by atoms with Gasteiger partial charge in [-0.15, -0.1) is 0 Å². The fraction of sp³-hybridized carbons (Fsp3) is 0.417. The van der Waals surface area contributed by atoms with Gasteiger partial charge in [0.25, 0.3) is 0 Å². The zero-order chi connectivity index (χ0) is 12.1. The number of carbonyl (C=O) groups excluding carboxylic acids is 1. The molecule has 0 fully saturated rings. The van der Waals surface area contributed by atoms with Crippen LogP contribution in [-0.2, 0) is 9.53 Å². The van der Waals surface area contributed by atoms with Crippen molar-refractivity contribution in [3.63, 3.8) is 0 Å². The molecule has 0 atom stereocenters. The van der Waals surface area contributed by atoms with Crippen LogP contribution in [0.25, 0.3) is 0 Å². The van der Waals surface area contributed by atoms with Gasteiger partial charge in [0.2, 0.25) is 0 Å². The van der Waals surface area contributed by atoms with E-state index in [0.717, 1.165) is 5.56 Å². The molecule has 88 valence electrons. The minimum atomic E-state index is -0.532. The summed E-state index contributed by atoms with van der Waals surface area (Å²) in [7, 11) is 1.40. The highest BCUT2D eigenvalue weighted by atomic mass is 19.1. The molecule has 16 heavy (non-hydrogen) atoms. The molecule has 0 radical (unpaired) electrons. The van der Waals surface area contributed by atoms with Crippen LogP contribution in [0.2, 0.25) is 0 Å². The number of esters is 1. The standard InChI is InChI=1S/C12H15FO3/c1-8(2)10-5-4-9(13)6-11(10)16-12(14)7-15-3/h4-6,8H,7H2,1-3H3. The van der Waals surface area contributed by atoms with Crippen molar-refractivity contribution < 1.29 is 18.7 Å². The van der Waals surface area contributed by atoms with Crippen molar-refractivity contribution in [2.75, 3.05) is 13.7 Å². The molecule has 0 amide bonds. The van der Waals surface area contributed by atoms with Crippen molar-refractivity contribution >= 4 is 5.97 Å². The SMILES string of the molecule is COCC(=O)Oc1cc(F)ccc1C(C)C. The second-order valence-corrected chi connectivity index (χ2v) is 3.74. The summed E-state index contributed by atoms with van der Waals surface area (Å²) in [4.78, 5) is 11.2. The Morgan fingerprint density at radius 1 is 1.44 bits per heavy atom. The number of benzene rings is 1. The van der Waals surface area contributed by atoms with E-state index in [4.69, 9.17) is 4.74 Å². The van der Waals surface area contributed by atoms with Crippen molar-refractivity contribution in [2.45, 2.75) is 19.8 Å². The number of ether oxygens (including phenoxy) is 2. The van der Waals surface area contributed by atoms with E-state index < -0.39 is 11.8 Å². The molecule has 1 aromatic rings. The molecule has 0 aromatic heterocycles. The molecule has 0 spiro atoms. The summed E-state index contributed by atoms with van der Waals surface area (Å²) in [6.45, 7) is 3.75. The van der Waals surface area contributed by atoms with Crippen LogP contribution in [-0.4, -0.2) is 19.7 Å². The zero-order valence-electron chi connectivity index (χ0n) is 9.62. The van der Waals surface area contributed by atoms with Gasteiger partial charge in [0.05, 0.1) is 0 Å². The quantitative estimate of drug-likeness (QED) is 0.584. The smallest absolute Gasteiger partial charge is 0.337 e. The largest absolute Gasteiger partial charge is 0.424 e. The molecule has 0 unspecified atom stereocenters. The highest BCUT2D eigenvalue weighted by molar-refractivity contribution is 5.74. The molecule has 0 aliphatic rings. The van der Waals surface area contributed by atoms with E-state index in [0.29, 0.717) is 0 Å². The highest BCUT2D eigenvalue weighted by Crippen LogP contribution is 2.27. The molecule has 0 aliphatic carbocycles. The molecule has 1 aromatic carbocycles. The Balaban J connectivity index is 2.92. The van der Waals surface area contributed by atoms with E-state index in [9.17, 15) is 9.18 Å². The number of halogens is 1. The maximum absolute atomic E-state index is 13.0. The van der Waals surface area contributed by atoms with Gasteiger partial charge in [-0.3, -0.25) is 0 Å². The topological polar surface area (TPSA) is 35.5 Å². The molecule has 1 rings (SSSR count). The molecule has 0 aliphatic heterocycles. The van der Waals surface area contributed by atoms with E-state index in [1.807, 2.05) is 13.8 Å². The van der Waals surface area contributed by atoms with Crippen molar-refractivity contribution in [2.24, 2.45) is 0 Å². The fourth-order valence-electron chi connectivity index (χ4n) is 1.34. The first-order valence-corrected chi connectivity index (χ1v) is 5.03. The Labute approximate surface area is 94.2 Å². The van der Waals surface area contributed by atoms with Crippen LogP contribution in [0.15, 0.2) is 18.2 Å². The van der Waals surface area contributed by atoms with Gasteiger partial charge in [-0.25, -0.2) is 9.18 Å². The van der Waals surface area contributed by atoms with Crippen molar-refractivity contribution in [1.82, 2.24) is 0 Å². The third kappa shape index (κ3) is 3.31. The van der Waals surface area contributed by atoms with Crippen molar-refractivity contribution in [3.05, 3.63) is 29.6 Å². The van der Waals surface area contributed by atoms with Crippen LogP contribution in [0, 0.1) is 5.82 Å². The summed E-state index contributed by atoms with van der Waals surface area (Å²) in [6.07, 6.45) is 0. The lowest BCUT2D eigenvalue weighted by atomic mass is 10.0. The van der Waals surface area contributed by atoms with Crippen LogP contribution in [0.4, 0.5) is 4.39 Å². The number of rotatable bonds is 4. The monoisotopic (exact) mass is 226 g/mol. The maximum atomic E-state index is 13.0. The van der Waals surface area contributed by atoms with Gasteiger partial charge in [0, 0.05) is 13.2 Å². The van der Waals surface area contributed by atoms with Crippen molar-refractivity contribution in [3.8, 4) is 5.75 Å². The van der Waals surface area contributed by atoms with Gasteiger partial charge in [-0.2, -0.15) is 0 Å². The van der Waals surface area contributed by atoms with Crippen LogP contribution >= 0.6 is 0 Å². The second-order valence-electron chi connectivity index (χ2n) is 3.74. The van der Waals surface area contributed by atoms with Gasteiger partial charge in [-0.1, -0.05) is 19.9 Å². The summed E-state index contributed by atoms with van der Waals surface area (Å²) >= 11 is 0. The average Bonchev–Trinajstić information content (AvgIpc) is 2.17. The molecular formula is C12H15FO3. The first-order valence-electron chi connectivity index (χ1n) is 5.03. The summed E-state index contributed by atoms with van der Waals surface area (Å²) in [5.74, 6) is -0.539. The molecule has 0 saturated carbocycles. The summed E-state index contributed by atoms with van der Waals surface area (Å²) in [5.41, 5.74) is 0.797. The third-order valence-electron chi connectivity index (χ3n) is 2.08. The van der Waals surface area contributed by atoms with Gasteiger partial charge < -0.3 is 9.47 Å². The van der Waals surface area contributed by atoms with Crippen LogP contribution in [0.5, 0.6) is 5.75 Å². The predicted molar refractivity (Wildman–Crippen MR) is 58.0 cm³/mol. The van der Waals surface area contributed by atoms with Gasteiger partial charge in [0.1, 0.15) is 18.2 Å². The van der Waals surface area contributed by atoms with Gasteiger partial charge in [0.15, 0.2) is 0 Å². The summed E-state index contributed by atoms with van der Waals surface area (Å²) in [6, 6.07) is 4.18. The second kappa shape index (κ2) is 5.61. The highest BCUT2D eigenvalue weighted by Gasteiger charge is 2.12. The van der Waals surface area contributed by atoms with E-state index in [-0.39, 0.29) is 18.3 Å². The number of carbonyl (C=O) groups is 1. The van der Waals surface area contributed by atoms with E-state index in [1.54, 1.807) is 6.07 Å². The molecule has 0 N–H and O–H groups in total. The fourth-order valence-corrected chi connectivity index (χ4v) is 1.34. The minimum absolute atomic E-state index is 0.145. The lowest BCUT2D eigenvalue weighted by Crippen LogP contribution is -2.15. The Bertz CT molecular complexity index is 375. The minimum Gasteiger partial charge on any atom is -0.424 e. The Morgan fingerprint density at radius 2 is 2.12 bits per heavy atom. The number of hydrogen-bond donors (Lipinski definition) is 0. The van der Waals surface area contributed by atoms with Crippen LogP contribution in [0.3, 0.4) is 0 Å². The lowest BCUT2D eigenvalue weighted by molar-refractivity contribution is -0.138. The Kier molecular flexibility index (Phi) is 4.43. The van der Waals surface area contributed by atoms with Crippen LogP contribution < -0.4 is 4.74 Å². The molecular weight excluding hydrogens is 211 g/mol. The molecule has 4 heteroatoms. The zero-order valence-corrected chi connectivity index (χ0v) is 9.62. The summed E-state index contributed by atoms with van der Waals surface area (Å²) in [5, 5.41) is 0. The number of methoxy groups -OCH3 is 1. The molecule has 0 bridgehead atoms. The van der Waals surface area contributed by atoms with Gasteiger partial charge >= 0.3 is 5.97 Å². The number of hydrogen-bond acceptors (Lipinski definition) is 3. The Morgan fingerprint density at radius 3 is 2.69 bits per heavy atom. The lowest BCUT2D eigenvalue weighted by Gasteiger charge is -2.12. The van der Waals surface area contributed by atoms with E-state index >= 15 is 0 Å². The van der Waals surface area contributed by atoms with E-state index in [2.05, 4.69) is 4.74 Å². The molecule has 0 saturated heterocycles. The van der Waals surface area contributed by atoms with E-state index in [1.165, 1.54) is 19.2 Å². The maximum Gasteiger partial charge on any atom is 0.337 e. The van der Waals surface area contributed by atoms with Gasteiger partial charge in [-0.05, 0) is 17.5 Å². The predicted octanol–water partition coefficient (Wildman–Crippen LogP) is 2.50.